The van der Waals surface area contributed by atoms with E-state index >= 15 is 0 Å². The first-order valence-electron chi connectivity index (χ1n) is 21.5. The van der Waals surface area contributed by atoms with E-state index in [1.807, 2.05) is 78.7 Å². The van der Waals surface area contributed by atoms with Crippen molar-refractivity contribution in [3.05, 3.63) is 138 Å². The van der Waals surface area contributed by atoms with Crippen LogP contribution >= 0.6 is 34.3 Å². The van der Waals surface area contributed by atoms with Gasteiger partial charge in [-0.25, -0.2) is 9.97 Å². The molecule has 16 heteroatoms. The molecule has 10 rings (SSSR count). The van der Waals surface area contributed by atoms with Crippen LogP contribution in [0.4, 0.5) is 29.2 Å². The Labute approximate surface area is 390 Å². The van der Waals surface area contributed by atoms with Gasteiger partial charge in [0.2, 0.25) is 17.8 Å². The second kappa shape index (κ2) is 19.6. The van der Waals surface area contributed by atoms with Crippen molar-refractivity contribution in [2.24, 2.45) is 0 Å². The number of anilines is 5. The third-order valence-corrected chi connectivity index (χ3v) is 14.0. The minimum Gasteiger partial charge on any atom is -0.368 e. The molecule has 4 N–H and O–H groups in total. The summed E-state index contributed by atoms with van der Waals surface area (Å²) in [6.45, 7) is 6.33. The fraction of sp³-hybridized carbons (Fsp3) is 0.224. The largest absolute Gasteiger partial charge is 0.368 e. The van der Waals surface area contributed by atoms with Gasteiger partial charge in [0, 0.05) is 85.4 Å². The van der Waals surface area contributed by atoms with Crippen molar-refractivity contribution in [1.29, 1.82) is 0 Å². The van der Waals surface area contributed by atoms with Crippen LogP contribution in [0.5, 0.6) is 0 Å². The van der Waals surface area contributed by atoms with Crippen molar-refractivity contribution >= 4 is 95.7 Å². The Morgan fingerprint density at radius 3 is 1.65 bits per heavy atom. The van der Waals surface area contributed by atoms with Crippen molar-refractivity contribution in [3.63, 3.8) is 0 Å². The summed E-state index contributed by atoms with van der Waals surface area (Å²) in [6.07, 6.45) is 0.848. The molecule has 8 aromatic rings. The van der Waals surface area contributed by atoms with Gasteiger partial charge in [0.1, 0.15) is 21.3 Å². The van der Waals surface area contributed by atoms with Crippen LogP contribution in [0.2, 0.25) is 5.02 Å². The van der Waals surface area contributed by atoms with E-state index in [1.54, 1.807) is 51.8 Å². The minimum atomic E-state index is 0.0257. The van der Waals surface area contributed by atoms with Crippen LogP contribution < -0.4 is 26.2 Å². The zero-order chi connectivity index (χ0) is 44.9. The molecule has 0 spiro atoms. The van der Waals surface area contributed by atoms with E-state index < -0.39 is 0 Å². The normalized spacial score (nSPS) is 14.5. The molecule has 2 fully saturated rings. The van der Waals surface area contributed by atoms with Gasteiger partial charge in [-0.15, -0.1) is 22.7 Å². The number of piperazine rings is 1. The Kier molecular flexibility index (Phi) is 13.2. The second-order valence-corrected chi connectivity index (χ2v) is 18.4. The monoisotopic (exact) mass is 921 g/mol. The number of amides is 2. The van der Waals surface area contributed by atoms with Gasteiger partial charge in [0.15, 0.2) is 0 Å². The lowest BCUT2D eigenvalue weighted by Gasteiger charge is -2.35. The molecule has 2 aliphatic rings. The average Bonchev–Trinajstić information content (AvgIpc) is 3.89. The Morgan fingerprint density at radius 1 is 0.615 bits per heavy atom. The van der Waals surface area contributed by atoms with E-state index in [2.05, 4.69) is 71.0 Å². The number of thiophene rings is 2. The van der Waals surface area contributed by atoms with Crippen molar-refractivity contribution in [1.82, 2.24) is 29.7 Å². The molecule has 0 saturated carbocycles. The molecule has 13 nitrogen and oxygen atoms in total. The summed E-state index contributed by atoms with van der Waals surface area (Å²) in [5.41, 5.74) is 16.0. The van der Waals surface area contributed by atoms with Gasteiger partial charge in [0.25, 0.3) is 5.91 Å². The molecule has 65 heavy (non-hydrogen) atoms. The Bertz CT molecular complexity index is 2910. The molecule has 0 aliphatic carbocycles. The molecule has 4 aromatic carbocycles. The minimum absolute atomic E-state index is 0.0257. The molecule has 2 saturated heterocycles. The van der Waals surface area contributed by atoms with Gasteiger partial charge in [0.05, 0.1) is 17.3 Å². The molecule has 2 amide bonds. The van der Waals surface area contributed by atoms with Gasteiger partial charge in [-0.2, -0.15) is 9.97 Å². The van der Waals surface area contributed by atoms with Crippen molar-refractivity contribution in [2.75, 3.05) is 92.1 Å². The molecular weight excluding hydrogens is 874 g/mol. The van der Waals surface area contributed by atoms with Gasteiger partial charge in [-0.1, -0.05) is 90.5 Å². The first kappa shape index (κ1) is 43.6. The van der Waals surface area contributed by atoms with Crippen LogP contribution in [0.3, 0.4) is 0 Å². The van der Waals surface area contributed by atoms with Gasteiger partial charge in [-0.05, 0) is 66.1 Å². The Morgan fingerprint density at radius 2 is 1.11 bits per heavy atom. The Hall–Kier alpha value is -6.65. The summed E-state index contributed by atoms with van der Waals surface area (Å²) < 4.78 is 0. The third kappa shape index (κ3) is 10.0. The molecule has 330 valence electrons. The number of nitrogens with zero attached hydrogens (tertiary/aromatic N) is 9. The van der Waals surface area contributed by atoms with Crippen LogP contribution in [0.1, 0.15) is 16.8 Å². The molecule has 0 unspecified atom stereocenters. The Balaban J connectivity index is 0.000000164. The maximum Gasteiger partial charge on any atom is 0.253 e. The number of carbonyl (C=O) groups is 2. The molecule has 0 bridgehead atoms. The molecule has 6 heterocycles. The number of hydrogen-bond acceptors (Lipinski definition) is 13. The topological polar surface area (TPSA) is 154 Å². The summed E-state index contributed by atoms with van der Waals surface area (Å²) in [5.74, 6) is 2.40. The number of para-hydroxylation sites is 1. The van der Waals surface area contributed by atoms with Crippen LogP contribution in [-0.4, -0.2) is 108 Å². The number of likely N-dealkylation sites (N-methyl/N-ethyl adjacent to an activating group) is 1. The number of fused-ring (bicyclic) bond motifs is 2. The molecule has 2 aliphatic heterocycles. The highest BCUT2D eigenvalue weighted by Crippen LogP contribution is 2.39. The van der Waals surface area contributed by atoms with Crippen LogP contribution in [-0.2, 0) is 4.79 Å². The summed E-state index contributed by atoms with van der Waals surface area (Å²) in [4.78, 5) is 58.2. The lowest BCUT2D eigenvalue weighted by Crippen LogP contribution is -2.50. The quantitative estimate of drug-likeness (QED) is 0.151. The summed E-state index contributed by atoms with van der Waals surface area (Å²) in [5, 5.41) is 2.65. The van der Waals surface area contributed by atoms with E-state index in [-0.39, 0.29) is 17.8 Å². The molecule has 0 radical (unpaired) electrons. The lowest BCUT2D eigenvalue weighted by atomic mass is 10.2. The number of nitrogen functional groups attached to an aromatic ring is 2. The highest BCUT2D eigenvalue weighted by Gasteiger charge is 2.26. The van der Waals surface area contributed by atoms with Crippen LogP contribution in [0.25, 0.3) is 41.3 Å². The van der Waals surface area contributed by atoms with Crippen LogP contribution in [0, 0.1) is 0 Å². The highest BCUT2D eigenvalue weighted by molar-refractivity contribution is 7.22. The molecular formula is C49H48ClN11O2S2. The van der Waals surface area contributed by atoms with E-state index in [0.29, 0.717) is 42.7 Å². The van der Waals surface area contributed by atoms with Crippen molar-refractivity contribution in [2.45, 2.75) is 6.42 Å². The SMILES string of the molecule is CN(C(=O)CN1CCN(c2nc(N)nc3sc(-c4ccccc4)cc23)CC1)c1ccccc1.Nc1nc(N2CCCN(C(=O)c3ccc(Cl)cc3)CC2)c2cc(-c3ccccc3)sc2n1. The van der Waals surface area contributed by atoms with Gasteiger partial charge >= 0.3 is 0 Å². The zero-order valence-corrected chi connectivity index (χ0v) is 38.3. The third-order valence-electron chi connectivity index (χ3n) is 11.6. The number of halogens is 1. The highest BCUT2D eigenvalue weighted by atomic mass is 35.5. The number of rotatable bonds is 8. The van der Waals surface area contributed by atoms with E-state index in [9.17, 15) is 9.59 Å². The maximum atomic E-state index is 13.0. The number of nitrogens with two attached hydrogens (primary N) is 2. The van der Waals surface area contributed by atoms with Gasteiger partial charge in [-0.3, -0.25) is 14.5 Å². The first-order valence-corrected chi connectivity index (χ1v) is 23.5. The average molecular weight is 923 g/mol. The van der Waals surface area contributed by atoms with E-state index in [4.69, 9.17) is 23.1 Å². The summed E-state index contributed by atoms with van der Waals surface area (Å²) >= 11 is 9.22. The van der Waals surface area contributed by atoms with Crippen LogP contribution in [0.15, 0.2) is 127 Å². The van der Waals surface area contributed by atoms with Crippen molar-refractivity contribution in [3.8, 4) is 20.9 Å². The number of hydrogen-bond donors (Lipinski definition) is 2. The predicted octanol–water partition coefficient (Wildman–Crippen LogP) is 8.67. The maximum absolute atomic E-state index is 13.0. The van der Waals surface area contributed by atoms with E-state index in [1.165, 1.54) is 0 Å². The number of aromatic nitrogens is 4. The van der Waals surface area contributed by atoms with Crippen molar-refractivity contribution < 1.29 is 9.59 Å². The predicted molar refractivity (Wildman–Crippen MR) is 267 cm³/mol. The number of carbonyl (C=O) groups excluding carboxylic acids is 2. The number of benzene rings is 4. The standard InChI is InChI=1S/C25H26N6OS.C24H22ClN5OS/c1-29(19-10-6-3-7-11-19)22(32)17-30-12-14-31(15-13-30)23-20-16-21(18-8-4-2-5-9-18)33-24(20)28-25(26)27-23;25-18-9-7-17(8-10-18)23(31)30-12-4-11-29(13-14-30)21-19-15-20(16-5-2-1-3-6-16)32-22(19)28-24(26)27-21/h2-11,16H,12-15,17H2,1H3,(H2,26,27,28);1-3,5-10,15H,4,11-14H2,(H2,26,27,28). The molecule has 4 aromatic heterocycles. The first-order chi connectivity index (χ1) is 31.7. The summed E-state index contributed by atoms with van der Waals surface area (Å²) in [7, 11) is 1.83. The molecule has 0 atom stereocenters. The van der Waals surface area contributed by atoms with E-state index in [0.717, 1.165) is 97.8 Å². The zero-order valence-electron chi connectivity index (χ0n) is 35.9. The summed E-state index contributed by atoms with van der Waals surface area (Å²) in [6, 6.07) is 41.6. The second-order valence-electron chi connectivity index (χ2n) is 15.9. The van der Waals surface area contributed by atoms with Gasteiger partial charge < -0.3 is 31.1 Å². The smallest absolute Gasteiger partial charge is 0.253 e. The lowest BCUT2D eigenvalue weighted by molar-refractivity contribution is -0.119. The fourth-order valence-electron chi connectivity index (χ4n) is 8.13. The fourth-order valence-corrected chi connectivity index (χ4v) is 10.3.